The minimum atomic E-state index is -0.211. The molecular formula is C11H14BrN3O2. The van der Waals surface area contributed by atoms with Gasteiger partial charge in [0.05, 0.1) is 24.0 Å². The summed E-state index contributed by atoms with van der Waals surface area (Å²) in [4.78, 5) is 11.4. The molecule has 0 radical (unpaired) electrons. The van der Waals surface area contributed by atoms with Gasteiger partial charge in [0.15, 0.2) is 0 Å². The second kappa shape index (κ2) is 4.42. The lowest BCUT2D eigenvalue weighted by Gasteiger charge is -2.20. The van der Waals surface area contributed by atoms with Crippen molar-refractivity contribution in [2.24, 2.45) is 5.92 Å². The zero-order valence-corrected chi connectivity index (χ0v) is 10.9. The first kappa shape index (κ1) is 11.2. The number of halogens is 1. The molecular weight excluding hydrogens is 286 g/mol. The molecule has 1 saturated carbocycles. The molecule has 5 nitrogen and oxygen atoms in total. The molecule has 2 N–H and O–H groups in total. The molecule has 92 valence electrons. The number of aromatic amines is 1. The summed E-state index contributed by atoms with van der Waals surface area (Å²) in [5.74, 6) is 0.698. The van der Waals surface area contributed by atoms with Crippen LogP contribution in [0.5, 0.6) is 0 Å². The Hall–Kier alpha value is -0.880. The summed E-state index contributed by atoms with van der Waals surface area (Å²) in [6.07, 6.45) is 5.44. The number of nitrogens with zero attached hydrogens (tertiary/aromatic N) is 1. The average molecular weight is 300 g/mol. The molecule has 0 bridgehead atoms. The number of anilines is 1. The lowest BCUT2D eigenvalue weighted by molar-refractivity contribution is 0.0898. The van der Waals surface area contributed by atoms with Crippen LogP contribution in [0.3, 0.4) is 0 Å². The summed E-state index contributed by atoms with van der Waals surface area (Å²) in [6.45, 7) is 0.799. The molecule has 2 unspecified atom stereocenters. The first-order chi connectivity index (χ1) is 8.25. The minimum absolute atomic E-state index is 0.211. The van der Waals surface area contributed by atoms with E-state index in [4.69, 9.17) is 4.74 Å². The predicted molar refractivity (Wildman–Crippen MR) is 67.0 cm³/mol. The zero-order valence-electron chi connectivity index (χ0n) is 9.28. The van der Waals surface area contributed by atoms with Crippen LogP contribution in [-0.2, 0) is 4.74 Å². The van der Waals surface area contributed by atoms with Crippen LogP contribution in [0.4, 0.5) is 5.69 Å². The second-order valence-corrected chi connectivity index (χ2v) is 5.43. The van der Waals surface area contributed by atoms with Crippen molar-refractivity contribution in [3.05, 3.63) is 21.0 Å². The van der Waals surface area contributed by atoms with Crippen molar-refractivity contribution in [3.63, 3.8) is 0 Å². The third-order valence-corrected chi connectivity index (χ3v) is 4.15. The van der Waals surface area contributed by atoms with Gasteiger partial charge in [-0.15, -0.1) is 0 Å². The molecule has 1 aliphatic heterocycles. The van der Waals surface area contributed by atoms with Gasteiger partial charge in [0.2, 0.25) is 0 Å². The van der Waals surface area contributed by atoms with Crippen molar-refractivity contribution in [1.29, 1.82) is 0 Å². The third-order valence-electron chi connectivity index (χ3n) is 3.36. The number of H-pyrrole nitrogens is 1. The largest absolute Gasteiger partial charge is 0.377 e. The number of hydrogen-bond donors (Lipinski definition) is 2. The zero-order chi connectivity index (χ0) is 11.8. The molecule has 0 spiro atoms. The van der Waals surface area contributed by atoms with Crippen molar-refractivity contribution < 1.29 is 4.74 Å². The number of aromatic nitrogens is 2. The van der Waals surface area contributed by atoms with Crippen molar-refractivity contribution in [3.8, 4) is 0 Å². The maximum atomic E-state index is 11.4. The van der Waals surface area contributed by atoms with Gasteiger partial charge in [-0.3, -0.25) is 4.79 Å². The van der Waals surface area contributed by atoms with E-state index >= 15 is 0 Å². The lowest BCUT2D eigenvalue weighted by atomic mass is 10.1. The molecule has 17 heavy (non-hydrogen) atoms. The number of ether oxygens (including phenoxy) is 1. The molecule has 6 heteroatoms. The van der Waals surface area contributed by atoms with Crippen molar-refractivity contribution in [2.45, 2.75) is 31.4 Å². The molecule has 0 amide bonds. The second-order valence-electron chi connectivity index (χ2n) is 4.64. The summed E-state index contributed by atoms with van der Waals surface area (Å²) in [6, 6.07) is 0.294. The van der Waals surface area contributed by atoms with Crippen LogP contribution >= 0.6 is 15.9 Å². The number of nitrogens with one attached hydrogen (secondary N) is 2. The highest BCUT2D eigenvalue weighted by Crippen LogP contribution is 2.39. The molecule has 2 atom stereocenters. The average Bonchev–Trinajstić information content (AvgIpc) is 3.06. The number of rotatable bonds is 3. The van der Waals surface area contributed by atoms with E-state index in [1.807, 2.05) is 0 Å². The third kappa shape index (κ3) is 2.24. The monoisotopic (exact) mass is 299 g/mol. The quantitative estimate of drug-likeness (QED) is 0.888. The van der Waals surface area contributed by atoms with Crippen LogP contribution in [0, 0.1) is 5.92 Å². The molecule has 2 fully saturated rings. The van der Waals surface area contributed by atoms with E-state index in [2.05, 4.69) is 31.4 Å². The molecule has 3 rings (SSSR count). The predicted octanol–water partition coefficient (Wildman–Crippen LogP) is 1.51. The summed E-state index contributed by atoms with van der Waals surface area (Å²) >= 11 is 3.27. The van der Waals surface area contributed by atoms with Gasteiger partial charge in [0.25, 0.3) is 5.56 Å². The smallest absolute Gasteiger partial charge is 0.280 e. The van der Waals surface area contributed by atoms with E-state index < -0.39 is 0 Å². The molecule has 2 aliphatic rings. The van der Waals surface area contributed by atoms with Gasteiger partial charge in [-0.1, -0.05) is 0 Å². The van der Waals surface area contributed by atoms with Crippen molar-refractivity contribution >= 4 is 21.6 Å². The van der Waals surface area contributed by atoms with Crippen LogP contribution in [-0.4, -0.2) is 29.0 Å². The standard InChI is InChI=1S/C11H14BrN3O2/c12-9-8(5-13-15-11(9)16)14-7-3-4-17-10(7)6-1-2-6/h5-7,10H,1-4H2,(H2,14,15,16). The Bertz CT molecular complexity index is 472. The molecule has 1 aromatic heterocycles. The van der Waals surface area contributed by atoms with Gasteiger partial charge in [-0.05, 0) is 41.1 Å². The highest BCUT2D eigenvalue weighted by Gasteiger charge is 2.40. The Balaban J connectivity index is 1.77. The number of hydrogen-bond acceptors (Lipinski definition) is 4. The first-order valence-corrected chi connectivity index (χ1v) is 6.66. The molecule has 1 aliphatic carbocycles. The molecule has 1 aromatic rings. The highest BCUT2D eigenvalue weighted by molar-refractivity contribution is 9.10. The minimum Gasteiger partial charge on any atom is -0.377 e. The van der Waals surface area contributed by atoms with E-state index in [9.17, 15) is 4.79 Å². The van der Waals surface area contributed by atoms with E-state index in [0.717, 1.165) is 18.7 Å². The molecule has 0 aromatic carbocycles. The fourth-order valence-corrected chi connectivity index (χ4v) is 2.64. The maximum Gasteiger partial charge on any atom is 0.280 e. The summed E-state index contributed by atoms with van der Waals surface area (Å²) in [5, 5.41) is 9.56. The lowest BCUT2D eigenvalue weighted by Crippen LogP contribution is -2.31. The normalized spacial score (nSPS) is 28.3. The van der Waals surface area contributed by atoms with Gasteiger partial charge in [-0.25, -0.2) is 5.10 Å². The van der Waals surface area contributed by atoms with E-state index in [0.29, 0.717) is 22.5 Å². The van der Waals surface area contributed by atoms with Crippen LogP contribution < -0.4 is 10.9 Å². The topological polar surface area (TPSA) is 67.0 Å². The maximum absolute atomic E-state index is 11.4. The first-order valence-electron chi connectivity index (χ1n) is 5.87. The Morgan fingerprint density at radius 2 is 2.29 bits per heavy atom. The summed E-state index contributed by atoms with van der Waals surface area (Å²) in [5.41, 5.74) is 0.534. The van der Waals surface area contributed by atoms with Crippen LogP contribution in [0.2, 0.25) is 0 Å². The highest BCUT2D eigenvalue weighted by atomic mass is 79.9. The fourth-order valence-electron chi connectivity index (χ4n) is 2.34. The van der Waals surface area contributed by atoms with Crippen molar-refractivity contribution in [1.82, 2.24) is 10.2 Å². The van der Waals surface area contributed by atoms with E-state index in [1.165, 1.54) is 12.8 Å². The van der Waals surface area contributed by atoms with Gasteiger partial charge >= 0.3 is 0 Å². The van der Waals surface area contributed by atoms with Crippen molar-refractivity contribution in [2.75, 3.05) is 11.9 Å². The SMILES string of the molecule is O=c1[nH]ncc(NC2CCOC2C2CC2)c1Br. The molecule has 1 saturated heterocycles. The van der Waals surface area contributed by atoms with Gasteiger partial charge in [0.1, 0.15) is 4.47 Å². The van der Waals surface area contributed by atoms with E-state index in [1.54, 1.807) is 6.20 Å². The molecule has 2 heterocycles. The summed E-state index contributed by atoms with van der Waals surface area (Å²) < 4.78 is 6.26. The van der Waals surface area contributed by atoms with Crippen LogP contribution in [0.25, 0.3) is 0 Å². The van der Waals surface area contributed by atoms with Gasteiger partial charge in [0, 0.05) is 6.61 Å². The Kier molecular flexibility index (Phi) is 2.92. The van der Waals surface area contributed by atoms with Crippen LogP contribution in [0.15, 0.2) is 15.5 Å². The van der Waals surface area contributed by atoms with Gasteiger partial charge in [-0.2, -0.15) is 5.10 Å². The Morgan fingerprint density at radius 3 is 3.06 bits per heavy atom. The fraction of sp³-hybridized carbons (Fsp3) is 0.636. The van der Waals surface area contributed by atoms with Crippen LogP contribution in [0.1, 0.15) is 19.3 Å². The van der Waals surface area contributed by atoms with Gasteiger partial charge < -0.3 is 10.1 Å². The Morgan fingerprint density at radius 1 is 1.47 bits per heavy atom. The Labute approximate surface area is 107 Å². The summed E-state index contributed by atoms with van der Waals surface area (Å²) in [7, 11) is 0. The van der Waals surface area contributed by atoms with E-state index in [-0.39, 0.29) is 5.56 Å².